The van der Waals surface area contributed by atoms with Gasteiger partial charge >= 0.3 is 6.18 Å². The Kier molecular flexibility index (Phi) is 3.31. The second-order valence-electron chi connectivity index (χ2n) is 2.81. The second-order valence-corrected chi connectivity index (χ2v) is 2.81. The van der Waals surface area contributed by atoms with Crippen LogP contribution in [0.4, 0.5) is 13.2 Å². The first-order valence-corrected chi connectivity index (χ1v) is 3.27. The lowest BCUT2D eigenvalue weighted by Gasteiger charge is -2.23. The van der Waals surface area contributed by atoms with Gasteiger partial charge in [-0.2, -0.15) is 13.2 Å². The number of hydrogen-bond donors (Lipinski definition) is 2. The summed E-state index contributed by atoms with van der Waals surface area (Å²) in [7, 11) is 0. The molecule has 0 rings (SSSR count). The lowest BCUT2D eigenvalue weighted by Crippen LogP contribution is -2.47. The van der Waals surface area contributed by atoms with Crippen LogP contribution in [-0.4, -0.2) is 23.4 Å². The van der Waals surface area contributed by atoms with E-state index in [1.807, 2.05) is 0 Å². The molecular formula is C6H12F3NO. The molecule has 11 heavy (non-hydrogen) atoms. The van der Waals surface area contributed by atoms with E-state index in [0.717, 1.165) is 0 Å². The molecule has 0 aromatic heterocycles. The highest BCUT2D eigenvalue weighted by Gasteiger charge is 2.42. The molecule has 0 aromatic rings. The van der Waals surface area contributed by atoms with Crippen LogP contribution >= 0.6 is 0 Å². The number of aliphatic hydroxyl groups excluding tert-OH is 1. The Morgan fingerprint density at radius 2 is 1.64 bits per heavy atom. The third-order valence-corrected chi connectivity index (χ3v) is 1.47. The van der Waals surface area contributed by atoms with E-state index in [1.165, 1.54) is 13.8 Å². The third-order valence-electron chi connectivity index (χ3n) is 1.47. The molecule has 0 aliphatic heterocycles. The number of aliphatic hydroxyl groups is 1. The van der Waals surface area contributed by atoms with Gasteiger partial charge in [-0.1, -0.05) is 13.8 Å². The van der Waals surface area contributed by atoms with Gasteiger partial charge in [-0.3, -0.25) is 0 Å². The molecule has 0 bridgehead atoms. The van der Waals surface area contributed by atoms with Crippen LogP contribution in [0.3, 0.4) is 0 Å². The van der Waals surface area contributed by atoms with Gasteiger partial charge in [0.05, 0.1) is 0 Å². The van der Waals surface area contributed by atoms with Crippen molar-refractivity contribution in [2.75, 3.05) is 0 Å². The van der Waals surface area contributed by atoms with E-state index in [2.05, 4.69) is 0 Å². The quantitative estimate of drug-likeness (QED) is 0.648. The number of alkyl halides is 3. The summed E-state index contributed by atoms with van der Waals surface area (Å²) >= 11 is 0. The molecule has 2 atom stereocenters. The van der Waals surface area contributed by atoms with E-state index in [1.54, 1.807) is 0 Å². The Morgan fingerprint density at radius 3 is 1.73 bits per heavy atom. The summed E-state index contributed by atoms with van der Waals surface area (Å²) < 4.78 is 35.2. The van der Waals surface area contributed by atoms with Crippen LogP contribution in [0, 0.1) is 5.92 Å². The standard InChI is InChI=1S/C6H12F3NO/c1-3(2)4(10)5(11)6(7,8)9/h3-5,11H,10H2,1-2H3/t4-,5-/m1/s1. The molecular weight excluding hydrogens is 159 g/mol. The number of nitrogens with two attached hydrogens (primary N) is 1. The summed E-state index contributed by atoms with van der Waals surface area (Å²) in [6.07, 6.45) is -7.02. The van der Waals surface area contributed by atoms with Crippen molar-refractivity contribution in [1.29, 1.82) is 0 Å². The van der Waals surface area contributed by atoms with E-state index >= 15 is 0 Å². The fourth-order valence-electron chi connectivity index (χ4n) is 0.583. The molecule has 0 saturated heterocycles. The van der Waals surface area contributed by atoms with Crippen LogP contribution in [0.1, 0.15) is 13.8 Å². The molecule has 68 valence electrons. The lowest BCUT2D eigenvalue weighted by atomic mass is 9.99. The molecule has 0 aliphatic carbocycles. The van der Waals surface area contributed by atoms with Gasteiger partial charge in [-0.05, 0) is 5.92 Å². The first kappa shape index (κ1) is 10.7. The maximum atomic E-state index is 11.7. The SMILES string of the molecule is CC(C)[C@@H](N)[C@@H](O)C(F)(F)F. The number of rotatable bonds is 2. The van der Waals surface area contributed by atoms with Crippen molar-refractivity contribution in [3.8, 4) is 0 Å². The average Bonchev–Trinajstić information content (AvgIpc) is 1.82. The highest BCUT2D eigenvalue weighted by molar-refractivity contribution is 4.80. The van der Waals surface area contributed by atoms with Crippen LogP contribution < -0.4 is 5.73 Å². The van der Waals surface area contributed by atoms with Crippen LogP contribution in [0.15, 0.2) is 0 Å². The molecule has 0 unspecified atom stereocenters. The first-order valence-electron chi connectivity index (χ1n) is 3.27. The Morgan fingerprint density at radius 1 is 1.27 bits per heavy atom. The molecule has 3 N–H and O–H groups in total. The monoisotopic (exact) mass is 171 g/mol. The normalized spacial score (nSPS) is 18.5. The topological polar surface area (TPSA) is 46.2 Å². The fraction of sp³-hybridized carbons (Fsp3) is 1.00. The van der Waals surface area contributed by atoms with Gasteiger partial charge in [0, 0.05) is 6.04 Å². The maximum Gasteiger partial charge on any atom is 0.415 e. The summed E-state index contributed by atoms with van der Waals surface area (Å²) in [4.78, 5) is 0. The molecule has 0 aliphatic rings. The lowest BCUT2D eigenvalue weighted by molar-refractivity contribution is -0.212. The molecule has 0 fully saturated rings. The van der Waals surface area contributed by atoms with Crippen molar-refractivity contribution in [1.82, 2.24) is 0 Å². The second kappa shape index (κ2) is 3.40. The van der Waals surface area contributed by atoms with E-state index in [9.17, 15) is 13.2 Å². The minimum Gasteiger partial charge on any atom is -0.382 e. The summed E-state index contributed by atoms with van der Waals surface area (Å²) in [5, 5.41) is 8.57. The van der Waals surface area contributed by atoms with Gasteiger partial charge in [0.25, 0.3) is 0 Å². The summed E-state index contributed by atoms with van der Waals surface area (Å²) in [6.45, 7) is 3.05. The number of hydrogen-bond acceptors (Lipinski definition) is 2. The summed E-state index contributed by atoms with van der Waals surface area (Å²) in [5.41, 5.74) is 5.08. The fourth-order valence-corrected chi connectivity index (χ4v) is 0.583. The zero-order chi connectivity index (χ0) is 9.23. The Balaban J connectivity index is 4.13. The van der Waals surface area contributed by atoms with Crippen LogP contribution in [0.25, 0.3) is 0 Å². The first-order chi connectivity index (χ1) is 4.76. The predicted molar refractivity (Wildman–Crippen MR) is 34.9 cm³/mol. The van der Waals surface area contributed by atoms with Gasteiger partial charge in [0.1, 0.15) is 0 Å². The van der Waals surface area contributed by atoms with Crippen molar-refractivity contribution in [2.24, 2.45) is 11.7 Å². The van der Waals surface area contributed by atoms with Crippen molar-refractivity contribution >= 4 is 0 Å². The van der Waals surface area contributed by atoms with Crippen LogP contribution in [-0.2, 0) is 0 Å². The molecule has 0 aromatic carbocycles. The Hall–Kier alpha value is -0.290. The number of halogens is 3. The van der Waals surface area contributed by atoms with Gasteiger partial charge < -0.3 is 10.8 Å². The van der Waals surface area contributed by atoms with Crippen LogP contribution in [0.5, 0.6) is 0 Å². The highest BCUT2D eigenvalue weighted by atomic mass is 19.4. The van der Waals surface area contributed by atoms with Gasteiger partial charge in [-0.25, -0.2) is 0 Å². The predicted octanol–water partition coefficient (Wildman–Crippen LogP) is 0.893. The molecule has 2 nitrogen and oxygen atoms in total. The van der Waals surface area contributed by atoms with Crippen molar-refractivity contribution < 1.29 is 18.3 Å². The zero-order valence-electron chi connectivity index (χ0n) is 6.39. The highest BCUT2D eigenvalue weighted by Crippen LogP contribution is 2.23. The molecule has 0 heterocycles. The van der Waals surface area contributed by atoms with E-state index in [0.29, 0.717) is 0 Å². The van der Waals surface area contributed by atoms with Crippen molar-refractivity contribution in [3.63, 3.8) is 0 Å². The minimum atomic E-state index is -4.61. The molecule has 5 heteroatoms. The average molecular weight is 171 g/mol. The smallest absolute Gasteiger partial charge is 0.382 e. The van der Waals surface area contributed by atoms with Gasteiger partial charge in [-0.15, -0.1) is 0 Å². The van der Waals surface area contributed by atoms with Gasteiger partial charge in [0.15, 0.2) is 6.10 Å². The third kappa shape index (κ3) is 3.07. The molecule has 0 radical (unpaired) electrons. The Bertz CT molecular complexity index is 123. The van der Waals surface area contributed by atoms with E-state index < -0.39 is 18.3 Å². The van der Waals surface area contributed by atoms with Crippen molar-refractivity contribution in [2.45, 2.75) is 32.2 Å². The van der Waals surface area contributed by atoms with Crippen molar-refractivity contribution in [3.05, 3.63) is 0 Å². The van der Waals surface area contributed by atoms with E-state index in [-0.39, 0.29) is 5.92 Å². The summed E-state index contributed by atoms with van der Waals surface area (Å²) in [5.74, 6) is -0.383. The summed E-state index contributed by atoms with van der Waals surface area (Å²) in [6, 6.07) is -1.24. The maximum absolute atomic E-state index is 11.7. The minimum absolute atomic E-state index is 0.383. The molecule has 0 spiro atoms. The zero-order valence-corrected chi connectivity index (χ0v) is 6.39. The molecule has 0 amide bonds. The largest absolute Gasteiger partial charge is 0.415 e. The van der Waals surface area contributed by atoms with Gasteiger partial charge in [0.2, 0.25) is 0 Å². The van der Waals surface area contributed by atoms with Crippen LogP contribution in [0.2, 0.25) is 0 Å². The van der Waals surface area contributed by atoms with E-state index in [4.69, 9.17) is 10.8 Å². The molecule has 0 saturated carbocycles. The Labute approximate surface area is 63.2 Å².